The highest BCUT2D eigenvalue weighted by molar-refractivity contribution is 7.10. The highest BCUT2D eigenvalue weighted by Crippen LogP contribution is 2.41. The van der Waals surface area contributed by atoms with Crippen molar-refractivity contribution in [3.8, 4) is 17.0 Å². The molecule has 0 unspecified atom stereocenters. The molecular weight excluding hydrogens is 270 g/mol. The van der Waals surface area contributed by atoms with Crippen molar-refractivity contribution in [2.75, 3.05) is 12.4 Å². The number of H-pyrrole nitrogens is 1. The maximum absolute atomic E-state index is 5.24. The number of methoxy groups -OCH3 is 1. The fourth-order valence-electron chi connectivity index (χ4n) is 2.56. The second-order valence-corrected chi connectivity index (χ2v) is 5.72. The third-order valence-electron chi connectivity index (χ3n) is 3.55. The number of rotatable bonds is 3. The first-order chi connectivity index (χ1) is 9.85. The molecule has 0 aliphatic heterocycles. The molecule has 0 bridgehead atoms. The van der Waals surface area contributed by atoms with Gasteiger partial charge in [-0.25, -0.2) is 0 Å². The number of aromatic nitrogens is 2. The Hall–Kier alpha value is -2.27. The number of aromatic amines is 1. The monoisotopic (exact) mass is 283 g/mol. The van der Waals surface area contributed by atoms with Gasteiger partial charge in [-0.15, -0.1) is 11.3 Å². The largest absolute Gasteiger partial charge is 0.497 e. The normalized spacial score (nSPS) is 12.1. The van der Waals surface area contributed by atoms with Crippen molar-refractivity contribution >= 4 is 22.8 Å². The van der Waals surface area contributed by atoms with Crippen LogP contribution in [0.25, 0.3) is 11.3 Å². The maximum atomic E-state index is 5.24. The van der Waals surface area contributed by atoms with Crippen molar-refractivity contribution in [2.45, 2.75) is 6.42 Å². The first-order valence-corrected chi connectivity index (χ1v) is 7.28. The van der Waals surface area contributed by atoms with Gasteiger partial charge in [-0.05, 0) is 23.6 Å². The average molecular weight is 283 g/mol. The summed E-state index contributed by atoms with van der Waals surface area (Å²) < 4.78 is 5.24. The standard InChI is InChI=1S/C15H13N3OS/c1-19-10-4-2-3-9(7-10)16-15-12-8-13-11(5-6-20-13)14(12)17-18-15/h2-7H,8H2,1H3,(H2,16,17,18). The zero-order valence-corrected chi connectivity index (χ0v) is 11.8. The van der Waals surface area contributed by atoms with E-state index in [0.717, 1.165) is 29.4 Å². The highest BCUT2D eigenvalue weighted by atomic mass is 32.1. The van der Waals surface area contributed by atoms with Gasteiger partial charge in [0.1, 0.15) is 5.75 Å². The van der Waals surface area contributed by atoms with Gasteiger partial charge in [-0.2, -0.15) is 5.10 Å². The molecule has 0 spiro atoms. The Morgan fingerprint density at radius 3 is 3.20 bits per heavy atom. The molecule has 1 aliphatic rings. The summed E-state index contributed by atoms with van der Waals surface area (Å²) in [6, 6.07) is 10.0. The SMILES string of the molecule is COc1cccc(Nc2n[nH]c3c2Cc2sccc2-3)c1. The molecule has 0 saturated heterocycles. The van der Waals surface area contributed by atoms with Crippen LogP contribution in [0.3, 0.4) is 0 Å². The van der Waals surface area contributed by atoms with Gasteiger partial charge >= 0.3 is 0 Å². The van der Waals surface area contributed by atoms with Crippen molar-refractivity contribution in [1.82, 2.24) is 10.2 Å². The van der Waals surface area contributed by atoms with Crippen LogP contribution in [0, 0.1) is 0 Å². The summed E-state index contributed by atoms with van der Waals surface area (Å²) in [5.41, 5.74) is 4.66. The van der Waals surface area contributed by atoms with E-state index in [1.165, 1.54) is 16.0 Å². The van der Waals surface area contributed by atoms with Crippen LogP contribution in [-0.4, -0.2) is 17.3 Å². The van der Waals surface area contributed by atoms with E-state index in [0.29, 0.717) is 0 Å². The van der Waals surface area contributed by atoms with Crippen molar-refractivity contribution in [1.29, 1.82) is 0 Å². The van der Waals surface area contributed by atoms with Crippen LogP contribution in [0.15, 0.2) is 35.7 Å². The van der Waals surface area contributed by atoms with Crippen LogP contribution in [0.1, 0.15) is 10.4 Å². The zero-order chi connectivity index (χ0) is 13.5. The van der Waals surface area contributed by atoms with Crippen molar-refractivity contribution in [3.63, 3.8) is 0 Å². The first-order valence-electron chi connectivity index (χ1n) is 6.40. The van der Waals surface area contributed by atoms with E-state index in [-0.39, 0.29) is 0 Å². The molecule has 0 fully saturated rings. The average Bonchev–Trinajstić information content (AvgIpc) is 3.13. The third kappa shape index (κ3) is 1.71. The van der Waals surface area contributed by atoms with Gasteiger partial charge in [0.15, 0.2) is 5.82 Å². The van der Waals surface area contributed by atoms with Crippen LogP contribution < -0.4 is 10.1 Å². The van der Waals surface area contributed by atoms with Crippen molar-refractivity contribution < 1.29 is 4.74 Å². The van der Waals surface area contributed by atoms with Crippen LogP contribution in [0.4, 0.5) is 11.5 Å². The molecule has 0 atom stereocenters. The number of benzene rings is 1. The van der Waals surface area contributed by atoms with E-state index in [1.54, 1.807) is 18.4 Å². The van der Waals surface area contributed by atoms with Gasteiger partial charge in [-0.3, -0.25) is 5.10 Å². The number of hydrogen-bond acceptors (Lipinski definition) is 4. The second kappa shape index (κ2) is 4.38. The Kier molecular flexibility index (Phi) is 2.53. The third-order valence-corrected chi connectivity index (χ3v) is 4.47. The molecule has 100 valence electrons. The molecule has 2 N–H and O–H groups in total. The van der Waals surface area contributed by atoms with Crippen molar-refractivity contribution in [2.24, 2.45) is 0 Å². The van der Waals surface area contributed by atoms with E-state index in [2.05, 4.69) is 27.0 Å². The molecule has 1 aromatic carbocycles. The number of nitrogens with one attached hydrogen (secondary N) is 2. The predicted molar refractivity (Wildman–Crippen MR) is 81.0 cm³/mol. The van der Waals surface area contributed by atoms with E-state index in [1.807, 2.05) is 24.3 Å². The minimum atomic E-state index is 0.835. The summed E-state index contributed by atoms with van der Waals surface area (Å²) in [6.45, 7) is 0. The molecule has 0 amide bonds. The van der Waals surface area contributed by atoms with E-state index < -0.39 is 0 Å². The van der Waals surface area contributed by atoms with Crippen LogP contribution in [0.2, 0.25) is 0 Å². The summed E-state index contributed by atoms with van der Waals surface area (Å²) in [5.74, 6) is 1.73. The molecule has 2 heterocycles. The van der Waals surface area contributed by atoms with Gasteiger partial charge in [0.05, 0.1) is 12.8 Å². The number of thiophene rings is 1. The van der Waals surface area contributed by atoms with Crippen LogP contribution >= 0.6 is 11.3 Å². The molecule has 0 radical (unpaired) electrons. The number of ether oxygens (including phenoxy) is 1. The first kappa shape index (κ1) is 11.5. The lowest BCUT2D eigenvalue weighted by Gasteiger charge is -2.06. The predicted octanol–water partition coefficient (Wildman–Crippen LogP) is 3.79. The summed E-state index contributed by atoms with van der Waals surface area (Å²) in [4.78, 5) is 1.40. The molecule has 4 rings (SSSR count). The number of hydrogen-bond donors (Lipinski definition) is 2. The van der Waals surface area contributed by atoms with Gasteiger partial charge in [0, 0.05) is 34.2 Å². The molecule has 0 saturated carbocycles. The molecule has 1 aliphatic carbocycles. The lowest BCUT2D eigenvalue weighted by molar-refractivity contribution is 0.415. The van der Waals surface area contributed by atoms with E-state index >= 15 is 0 Å². The zero-order valence-electron chi connectivity index (χ0n) is 10.9. The lowest BCUT2D eigenvalue weighted by Crippen LogP contribution is -1.94. The topological polar surface area (TPSA) is 49.9 Å². The maximum Gasteiger partial charge on any atom is 0.156 e. The Balaban J connectivity index is 1.67. The summed E-state index contributed by atoms with van der Waals surface area (Å²) in [5, 5.41) is 13.0. The summed E-state index contributed by atoms with van der Waals surface area (Å²) in [7, 11) is 1.67. The highest BCUT2D eigenvalue weighted by Gasteiger charge is 2.25. The molecule has 2 aromatic heterocycles. The number of anilines is 2. The Labute approximate surface area is 120 Å². The van der Waals surface area contributed by atoms with Gasteiger partial charge in [0.2, 0.25) is 0 Å². The van der Waals surface area contributed by atoms with Gasteiger partial charge < -0.3 is 10.1 Å². The second-order valence-electron chi connectivity index (χ2n) is 4.72. The number of nitrogens with zero attached hydrogens (tertiary/aromatic N) is 1. The Bertz CT molecular complexity index is 775. The van der Waals surface area contributed by atoms with Gasteiger partial charge in [0.25, 0.3) is 0 Å². The smallest absolute Gasteiger partial charge is 0.156 e. The minimum absolute atomic E-state index is 0.835. The fraction of sp³-hybridized carbons (Fsp3) is 0.133. The van der Waals surface area contributed by atoms with Gasteiger partial charge in [-0.1, -0.05) is 6.07 Å². The Morgan fingerprint density at radius 1 is 1.35 bits per heavy atom. The quantitative estimate of drug-likeness (QED) is 0.601. The summed E-state index contributed by atoms with van der Waals surface area (Å²) >= 11 is 1.80. The molecule has 20 heavy (non-hydrogen) atoms. The molecular formula is C15H13N3OS. The van der Waals surface area contributed by atoms with Crippen LogP contribution in [0.5, 0.6) is 5.75 Å². The lowest BCUT2D eigenvalue weighted by atomic mass is 10.2. The van der Waals surface area contributed by atoms with Crippen LogP contribution in [-0.2, 0) is 6.42 Å². The Morgan fingerprint density at radius 2 is 2.30 bits per heavy atom. The fourth-order valence-corrected chi connectivity index (χ4v) is 3.45. The molecule has 3 aromatic rings. The molecule has 5 heteroatoms. The van der Waals surface area contributed by atoms with Crippen molar-refractivity contribution in [3.05, 3.63) is 46.2 Å². The number of fused-ring (bicyclic) bond motifs is 3. The van der Waals surface area contributed by atoms with E-state index in [4.69, 9.17) is 4.74 Å². The minimum Gasteiger partial charge on any atom is -0.497 e. The summed E-state index contributed by atoms with van der Waals surface area (Å²) in [6.07, 6.45) is 0.950. The van der Waals surface area contributed by atoms with E-state index in [9.17, 15) is 0 Å². The molecule has 4 nitrogen and oxygen atoms in total.